The Morgan fingerprint density at radius 1 is 0.903 bits per heavy atom. The van der Waals surface area contributed by atoms with Crippen molar-refractivity contribution in [1.29, 1.82) is 0 Å². The Morgan fingerprint density at radius 3 is 2.29 bits per heavy atom. The van der Waals surface area contributed by atoms with Gasteiger partial charge in [-0.15, -0.1) is 0 Å². The third-order valence-corrected chi connectivity index (χ3v) is 4.86. The summed E-state index contributed by atoms with van der Waals surface area (Å²) >= 11 is 3.31. The van der Waals surface area contributed by atoms with Gasteiger partial charge in [-0.25, -0.2) is 10.2 Å². The number of anilines is 1. The molecular weight excluding hydrogens is 462 g/mol. The van der Waals surface area contributed by atoms with Crippen LogP contribution in [0.2, 0.25) is 0 Å². The number of para-hydroxylation sites is 1. The number of hydrazone groups is 1. The largest absolute Gasteiger partial charge is 0.423 e. The molecule has 156 valence electrons. The van der Waals surface area contributed by atoms with E-state index in [0.29, 0.717) is 27.0 Å². The molecular formula is C23H18BrN3O4. The summed E-state index contributed by atoms with van der Waals surface area (Å²) in [4.78, 5) is 36.1. The maximum atomic E-state index is 12.2. The monoisotopic (exact) mass is 479 g/mol. The van der Waals surface area contributed by atoms with Crippen LogP contribution in [0.3, 0.4) is 0 Å². The van der Waals surface area contributed by atoms with E-state index in [1.165, 1.54) is 6.21 Å². The molecule has 0 spiro atoms. The van der Waals surface area contributed by atoms with Gasteiger partial charge in [0.15, 0.2) is 0 Å². The smallest absolute Gasteiger partial charge is 0.344 e. The molecule has 0 heterocycles. The van der Waals surface area contributed by atoms with Crippen molar-refractivity contribution in [3.8, 4) is 5.75 Å². The summed E-state index contributed by atoms with van der Waals surface area (Å²) in [6.07, 6.45) is 1.37. The van der Waals surface area contributed by atoms with Gasteiger partial charge < -0.3 is 10.1 Å². The molecule has 0 saturated heterocycles. The number of hydrogen-bond donors (Lipinski definition) is 2. The first-order chi connectivity index (χ1) is 14.9. The van der Waals surface area contributed by atoms with E-state index in [1.807, 2.05) is 19.1 Å². The minimum atomic E-state index is -0.890. The standard InChI is InChI=1S/C23H18BrN3O4/c1-15-6-2-5-9-20(15)26-21(28)22(29)27-25-14-16-10-12-17(13-11-16)31-23(30)18-7-3-4-8-19(18)24/h2-14H,1H3,(H,26,28)(H,27,29)/b25-14+. The lowest BCUT2D eigenvalue weighted by molar-refractivity contribution is -0.136. The van der Waals surface area contributed by atoms with Crippen LogP contribution in [0.5, 0.6) is 5.75 Å². The molecule has 0 atom stereocenters. The number of rotatable bonds is 5. The van der Waals surface area contributed by atoms with E-state index in [-0.39, 0.29) is 0 Å². The van der Waals surface area contributed by atoms with E-state index < -0.39 is 17.8 Å². The highest BCUT2D eigenvalue weighted by atomic mass is 79.9. The van der Waals surface area contributed by atoms with Crippen LogP contribution in [-0.2, 0) is 9.59 Å². The summed E-state index contributed by atoms with van der Waals surface area (Å²) in [6.45, 7) is 1.82. The molecule has 0 aliphatic heterocycles. The predicted octanol–water partition coefficient (Wildman–Crippen LogP) is 4.07. The molecule has 0 aliphatic carbocycles. The topological polar surface area (TPSA) is 96.9 Å². The number of ether oxygens (including phenoxy) is 1. The molecule has 0 unspecified atom stereocenters. The second-order valence-corrected chi connectivity index (χ2v) is 7.26. The summed E-state index contributed by atoms with van der Waals surface area (Å²) < 4.78 is 5.98. The van der Waals surface area contributed by atoms with Crippen LogP contribution < -0.4 is 15.5 Å². The van der Waals surface area contributed by atoms with Gasteiger partial charge in [0, 0.05) is 10.2 Å². The molecule has 0 fully saturated rings. The summed E-state index contributed by atoms with van der Waals surface area (Å²) in [7, 11) is 0. The van der Waals surface area contributed by atoms with Crippen molar-refractivity contribution < 1.29 is 19.1 Å². The zero-order chi connectivity index (χ0) is 22.2. The Labute approximate surface area is 187 Å². The van der Waals surface area contributed by atoms with Crippen LogP contribution in [0, 0.1) is 6.92 Å². The fraction of sp³-hybridized carbons (Fsp3) is 0.0435. The van der Waals surface area contributed by atoms with Gasteiger partial charge >= 0.3 is 17.8 Å². The fourth-order valence-electron chi connectivity index (χ4n) is 2.52. The van der Waals surface area contributed by atoms with Gasteiger partial charge in [-0.3, -0.25) is 9.59 Å². The summed E-state index contributed by atoms with van der Waals surface area (Å²) in [5.41, 5.74) is 4.62. The summed E-state index contributed by atoms with van der Waals surface area (Å²) in [5, 5.41) is 6.30. The molecule has 0 aromatic heterocycles. The SMILES string of the molecule is Cc1ccccc1NC(=O)C(=O)N/N=C/c1ccc(OC(=O)c2ccccc2Br)cc1. The average molecular weight is 480 g/mol. The fourth-order valence-corrected chi connectivity index (χ4v) is 2.97. The maximum Gasteiger partial charge on any atom is 0.344 e. The van der Waals surface area contributed by atoms with Gasteiger partial charge in [0.25, 0.3) is 0 Å². The minimum absolute atomic E-state index is 0.361. The Bertz CT molecular complexity index is 1140. The first-order valence-corrected chi connectivity index (χ1v) is 10.00. The molecule has 8 heteroatoms. The van der Waals surface area contributed by atoms with Gasteiger partial charge in [-0.1, -0.05) is 30.3 Å². The van der Waals surface area contributed by atoms with Crippen molar-refractivity contribution >= 4 is 45.6 Å². The highest BCUT2D eigenvalue weighted by molar-refractivity contribution is 9.10. The second-order valence-electron chi connectivity index (χ2n) is 6.41. The number of aryl methyl sites for hydroxylation is 1. The number of carbonyl (C=O) groups is 3. The molecule has 0 aliphatic rings. The third kappa shape index (κ3) is 6.10. The number of nitrogens with zero attached hydrogens (tertiary/aromatic N) is 1. The molecule has 3 aromatic rings. The van der Waals surface area contributed by atoms with E-state index in [0.717, 1.165) is 5.56 Å². The zero-order valence-electron chi connectivity index (χ0n) is 16.5. The average Bonchev–Trinajstić information content (AvgIpc) is 2.76. The van der Waals surface area contributed by atoms with E-state index in [9.17, 15) is 14.4 Å². The maximum absolute atomic E-state index is 12.2. The highest BCUT2D eigenvalue weighted by Crippen LogP contribution is 2.19. The normalized spacial score (nSPS) is 10.5. The van der Waals surface area contributed by atoms with Gasteiger partial charge in [0.1, 0.15) is 5.75 Å². The lowest BCUT2D eigenvalue weighted by Crippen LogP contribution is -2.32. The van der Waals surface area contributed by atoms with Crippen molar-refractivity contribution in [2.75, 3.05) is 5.32 Å². The molecule has 0 bridgehead atoms. The molecule has 3 rings (SSSR count). The van der Waals surface area contributed by atoms with Crippen LogP contribution in [0.25, 0.3) is 0 Å². The number of esters is 1. The number of halogens is 1. The van der Waals surface area contributed by atoms with Crippen molar-refractivity contribution in [1.82, 2.24) is 5.43 Å². The van der Waals surface area contributed by atoms with Crippen LogP contribution in [0.1, 0.15) is 21.5 Å². The Balaban J connectivity index is 1.53. The Morgan fingerprint density at radius 2 is 1.58 bits per heavy atom. The van der Waals surface area contributed by atoms with Gasteiger partial charge in [0.05, 0.1) is 11.8 Å². The van der Waals surface area contributed by atoms with Gasteiger partial charge in [-0.05, 0) is 76.4 Å². The molecule has 31 heavy (non-hydrogen) atoms. The van der Waals surface area contributed by atoms with E-state index in [2.05, 4.69) is 31.8 Å². The number of amides is 2. The summed E-state index contributed by atoms with van der Waals surface area (Å²) in [6, 6.07) is 20.6. The number of nitrogens with one attached hydrogen (secondary N) is 2. The minimum Gasteiger partial charge on any atom is -0.423 e. The molecule has 0 saturated carbocycles. The summed E-state index contributed by atoms with van der Waals surface area (Å²) in [5.74, 6) is -1.83. The number of benzene rings is 3. The Hall–Kier alpha value is -3.78. The lowest BCUT2D eigenvalue weighted by atomic mass is 10.2. The Kier molecular flexibility index (Phi) is 7.29. The molecule has 2 N–H and O–H groups in total. The van der Waals surface area contributed by atoms with E-state index in [4.69, 9.17) is 4.74 Å². The van der Waals surface area contributed by atoms with Crippen molar-refractivity contribution in [3.63, 3.8) is 0 Å². The first kappa shape index (κ1) is 21.9. The zero-order valence-corrected chi connectivity index (χ0v) is 18.0. The molecule has 7 nitrogen and oxygen atoms in total. The third-order valence-electron chi connectivity index (χ3n) is 4.16. The highest BCUT2D eigenvalue weighted by Gasteiger charge is 2.14. The van der Waals surface area contributed by atoms with Crippen LogP contribution in [-0.4, -0.2) is 24.0 Å². The number of carbonyl (C=O) groups excluding carboxylic acids is 3. The first-order valence-electron chi connectivity index (χ1n) is 9.21. The molecule has 3 aromatic carbocycles. The predicted molar refractivity (Wildman–Crippen MR) is 121 cm³/mol. The van der Waals surface area contributed by atoms with Crippen LogP contribution >= 0.6 is 15.9 Å². The molecule has 2 amide bonds. The van der Waals surface area contributed by atoms with Crippen molar-refractivity contribution in [2.24, 2.45) is 5.10 Å². The van der Waals surface area contributed by atoms with Gasteiger partial charge in [0.2, 0.25) is 0 Å². The number of hydrogen-bond acceptors (Lipinski definition) is 5. The van der Waals surface area contributed by atoms with Crippen molar-refractivity contribution in [2.45, 2.75) is 6.92 Å². The van der Waals surface area contributed by atoms with Crippen LogP contribution in [0.4, 0.5) is 5.69 Å². The van der Waals surface area contributed by atoms with E-state index in [1.54, 1.807) is 60.7 Å². The second kappa shape index (κ2) is 10.3. The van der Waals surface area contributed by atoms with Crippen molar-refractivity contribution in [3.05, 3.63) is 94.0 Å². The molecule has 0 radical (unpaired) electrons. The van der Waals surface area contributed by atoms with E-state index >= 15 is 0 Å². The van der Waals surface area contributed by atoms with Crippen LogP contribution in [0.15, 0.2) is 82.4 Å². The quantitative estimate of drug-likeness (QED) is 0.189. The van der Waals surface area contributed by atoms with Gasteiger partial charge in [-0.2, -0.15) is 5.10 Å². The lowest BCUT2D eigenvalue weighted by Gasteiger charge is -2.07.